The summed E-state index contributed by atoms with van der Waals surface area (Å²) in [5.74, 6) is -1.82. The van der Waals surface area contributed by atoms with Gasteiger partial charge in [0.1, 0.15) is 5.56 Å². The molecule has 0 saturated heterocycles. The van der Waals surface area contributed by atoms with Crippen LogP contribution in [-0.4, -0.2) is 36.6 Å². The van der Waals surface area contributed by atoms with Gasteiger partial charge in [-0.05, 0) is 0 Å². The molecule has 1 aromatic heterocycles. The van der Waals surface area contributed by atoms with E-state index in [4.69, 9.17) is 0 Å². The maximum absolute atomic E-state index is 11.1. The molecule has 8 heteroatoms. The largest absolute Gasteiger partial charge is 0.384 e. The average Bonchev–Trinajstić information content (AvgIpc) is 2.41. The van der Waals surface area contributed by atoms with Crippen molar-refractivity contribution in [3.05, 3.63) is 17.5 Å². The highest BCUT2D eigenvalue weighted by atomic mass is 32.2. The van der Waals surface area contributed by atoms with Crippen LogP contribution in [0, 0.1) is 0 Å². The number of fused-ring (bicyclic) bond motifs is 1. The van der Waals surface area contributed by atoms with Gasteiger partial charge in [-0.2, -0.15) is 0 Å². The molecule has 1 aliphatic heterocycles. The van der Waals surface area contributed by atoms with E-state index in [1.54, 1.807) is 0 Å². The molecule has 0 aliphatic carbocycles. The highest BCUT2D eigenvalue weighted by Crippen LogP contribution is 2.17. The van der Waals surface area contributed by atoms with Crippen molar-refractivity contribution in [3.8, 4) is 0 Å². The standard InChI is InChI=1S/C7H4N2O5S/c1-15(12,13)7-8-2-3-4(9-7)6(11)14-5(3)10/h2H,1H3. The molecule has 15 heavy (non-hydrogen) atoms. The lowest BCUT2D eigenvalue weighted by Crippen LogP contribution is -2.08. The number of rotatable bonds is 1. The van der Waals surface area contributed by atoms with Gasteiger partial charge in [0.2, 0.25) is 15.0 Å². The Labute approximate surface area is 84.0 Å². The first-order valence-corrected chi connectivity index (χ1v) is 5.62. The van der Waals surface area contributed by atoms with Gasteiger partial charge in [-0.25, -0.2) is 28.0 Å². The molecule has 0 radical (unpaired) electrons. The number of esters is 2. The van der Waals surface area contributed by atoms with E-state index < -0.39 is 26.9 Å². The van der Waals surface area contributed by atoms with Crippen LogP contribution in [-0.2, 0) is 14.6 Å². The smallest absolute Gasteiger partial charge is 0.365 e. The lowest BCUT2D eigenvalue weighted by Gasteiger charge is -1.96. The van der Waals surface area contributed by atoms with Gasteiger partial charge in [-0.15, -0.1) is 0 Å². The Kier molecular flexibility index (Phi) is 1.83. The molecule has 0 N–H and O–H groups in total. The Morgan fingerprint density at radius 1 is 1.27 bits per heavy atom. The molecular weight excluding hydrogens is 224 g/mol. The molecule has 1 aromatic rings. The molecular formula is C7H4N2O5S. The van der Waals surface area contributed by atoms with Crippen LogP contribution in [0.3, 0.4) is 0 Å². The third-order valence-corrected chi connectivity index (χ3v) is 2.56. The number of nitrogens with zero attached hydrogens (tertiary/aromatic N) is 2. The lowest BCUT2D eigenvalue weighted by atomic mass is 10.3. The van der Waals surface area contributed by atoms with E-state index in [-0.39, 0.29) is 11.3 Å². The van der Waals surface area contributed by atoms with Gasteiger partial charge in [-0.3, -0.25) is 0 Å². The minimum absolute atomic E-state index is 0.118. The quantitative estimate of drug-likeness (QED) is 0.351. The highest BCUT2D eigenvalue weighted by molar-refractivity contribution is 7.90. The zero-order chi connectivity index (χ0) is 11.2. The Bertz CT molecular complexity index is 577. The maximum Gasteiger partial charge on any atom is 0.365 e. The van der Waals surface area contributed by atoms with E-state index in [1.165, 1.54) is 0 Å². The van der Waals surface area contributed by atoms with Crippen LogP contribution < -0.4 is 0 Å². The summed E-state index contributed by atoms with van der Waals surface area (Å²) in [6.45, 7) is 0. The predicted octanol–water partition coefficient (Wildman–Crippen LogP) is -0.809. The summed E-state index contributed by atoms with van der Waals surface area (Å²) in [6.07, 6.45) is 1.86. The Balaban J connectivity index is 2.67. The normalized spacial score (nSPS) is 15.0. The van der Waals surface area contributed by atoms with Crippen molar-refractivity contribution >= 4 is 21.8 Å². The van der Waals surface area contributed by atoms with Crippen LogP contribution in [0.2, 0.25) is 0 Å². The summed E-state index contributed by atoms with van der Waals surface area (Å²) in [7, 11) is -3.61. The molecule has 0 unspecified atom stereocenters. The van der Waals surface area contributed by atoms with E-state index in [9.17, 15) is 18.0 Å². The fourth-order valence-corrected chi connectivity index (χ4v) is 1.54. The Hall–Kier alpha value is -1.83. The van der Waals surface area contributed by atoms with Crippen LogP contribution >= 0.6 is 0 Å². The van der Waals surface area contributed by atoms with Gasteiger partial charge < -0.3 is 4.74 Å². The third-order valence-electron chi connectivity index (χ3n) is 1.70. The van der Waals surface area contributed by atoms with Crippen molar-refractivity contribution in [3.63, 3.8) is 0 Å². The van der Waals surface area contributed by atoms with Gasteiger partial charge in [-0.1, -0.05) is 0 Å². The van der Waals surface area contributed by atoms with E-state index >= 15 is 0 Å². The summed E-state index contributed by atoms with van der Waals surface area (Å²) >= 11 is 0. The fourth-order valence-electron chi connectivity index (χ4n) is 1.04. The molecule has 78 valence electrons. The average molecular weight is 228 g/mol. The monoisotopic (exact) mass is 228 g/mol. The molecule has 0 saturated carbocycles. The van der Waals surface area contributed by atoms with Crippen molar-refractivity contribution in [1.29, 1.82) is 0 Å². The first kappa shape index (κ1) is 9.71. The van der Waals surface area contributed by atoms with E-state index in [0.717, 1.165) is 12.5 Å². The molecule has 2 heterocycles. The maximum atomic E-state index is 11.1. The molecule has 0 fully saturated rings. The number of hydrogen-bond acceptors (Lipinski definition) is 7. The number of cyclic esters (lactones) is 2. The number of ether oxygens (including phenoxy) is 1. The minimum atomic E-state index is -3.61. The number of carbonyl (C=O) groups excluding carboxylic acids is 2. The lowest BCUT2D eigenvalue weighted by molar-refractivity contribution is 0.0441. The highest BCUT2D eigenvalue weighted by Gasteiger charge is 2.33. The van der Waals surface area contributed by atoms with Crippen LogP contribution in [0.5, 0.6) is 0 Å². The third kappa shape index (κ3) is 1.48. The zero-order valence-corrected chi connectivity index (χ0v) is 8.24. The number of carbonyl (C=O) groups is 2. The first-order valence-electron chi connectivity index (χ1n) is 3.73. The van der Waals surface area contributed by atoms with Crippen molar-refractivity contribution in [2.75, 3.05) is 6.26 Å². The second-order valence-electron chi connectivity index (χ2n) is 2.86. The van der Waals surface area contributed by atoms with Gasteiger partial charge in [0.15, 0.2) is 5.69 Å². The Morgan fingerprint density at radius 2 is 1.93 bits per heavy atom. The number of sulfone groups is 1. The summed E-state index contributed by atoms with van der Waals surface area (Å²) in [4.78, 5) is 28.9. The summed E-state index contributed by atoms with van der Waals surface area (Å²) in [5.41, 5.74) is -0.428. The summed E-state index contributed by atoms with van der Waals surface area (Å²) in [6, 6.07) is 0. The molecule has 0 aromatic carbocycles. The van der Waals surface area contributed by atoms with Crippen molar-refractivity contribution < 1.29 is 22.7 Å². The van der Waals surface area contributed by atoms with Crippen LogP contribution in [0.15, 0.2) is 11.4 Å². The molecule has 0 spiro atoms. The van der Waals surface area contributed by atoms with Gasteiger partial charge in [0.05, 0.1) is 0 Å². The topological polar surface area (TPSA) is 103 Å². The van der Waals surface area contributed by atoms with Crippen molar-refractivity contribution in [1.82, 2.24) is 9.97 Å². The van der Waals surface area contributed by atoms with Crippen molar-refractivity contribution in [2.45, 2.75) is 5.16 Å². The van der Waals surface area contributed by atoms with Gasteiger partial charge in [0.25, 0.3) is 0 Å². The SMILES string of the molecule is CS(=O)(=O)c1ncc2c(n1)C(=O)OC2=O. The second kappa shape index (κ2) is 2.83. The van der Waals surface area contributed by atoms with Crippen molar-refractivity contribution in [2.24, 2.45) is 0 Å². The van der Waals surface area contributed by atoms with Crippen LogP contribution in [0.1, 0.15) is 20.8 Å². The van der Waals surface area contributed by atoms with Gasteiger partial charge in [0, 0.05) is 12.5 Å². The molecule has 7 nitrogen and oxygen atoms in total. The molecule has 1 aliphatic rings. The first-order chi connectivity index (χ1) is 6.89. The van der Waals surface area contributed by atoms with E-state index in [2.05, 4.69) is 14.7 Å². The summed E-state index contributed by atoms with van der Waals surface area (Å²) in [5, 5.41) is -0.507. The molecule has 0 atom stereocenters. The zero-order valence-electron chi connectivity index (χ0n) is 7.42. The fraction of sp³-hybridized carbons (Fsp3) is 0.143. The predicted molar refractivity (Wildman–Crippen MR) is 44.9 cm³/mol. The second-order valence-corrected chi connectivity index (χ2v) is 4.77. The van der Waals surface area contributed by atoms with Crippen LogP contribution in [0.25, 0.3) is 0 Å². The van der Waals surface area contributed by atoms with E-state index in [1.807, 2.05) is 0 Å². The minimum Gasteiger partial charge on any atom is -0.384 e. The number of hydrogen-bond donors (Lipinski definition) is 0. The summed E-state index contributed by atoms with van der Waals surface area (Å²) < 4.78 is 26.3. The molecule has 0 amide bonds. The Morgan fingerprint density at radius 3 is 2.53 bits per heavy atom. The number of aromatic nitrogens is 2. The van der Waals surface area contributed by atoms with Gasteiger partial charge >= 0.3 is 11.9 Å². The molecule has 0 bridgehead atoms. The molecule has 2 rings (SSSR count). The van der Waals surface area contributed by atoms with E-state index in [0.29, 0.717) is 0 Å². The van der Waals surface area contributed by atoms with Crippen LogP contribution in [0.4, 0.5) is 0 Å².